The third-order valence-corrected chi connectivity index (χ3v) is 3.68. The van der Waals surface area contributed by atoms with E-state index in [4.69, 9.17) is 9.15 Å². The summed E-state index contributed by atoms with van der Waals surface area (Å²) in [5.41, 5.74) is 0.832. The predicted molar refractivity (Wildman–Crippen MR) is 78.5 cm³/mol. The molecule has 0 aliphatic rings. The summed E-state index contributed by atoms with van der Waals surface area (Å²) in [6.07, 6.45) is 0. The summed E-state index contributed by atoms with van der Waals surface area (Å²) in [4.78, 5) is 0. The molecule has 1 aromatic heterocycles. The highest BCUT2D eigenvalue weighted by atomic mass is 16.5. The molecule has 0 aliphatic carbocycles. The molecular formula is C16H23NO2. The van der Waals surface area contributed by atoms with Crippen LogP contribution < -0.4 is 10.1 Å². The van der Waals surface area contributed by atoms with E-state index in [1.165, 1.54) is 0 Å². The second-order valence-corrected chi connectivity index (χ2v) is 5.44. The van der Waals surface area contributed by atoms with Crippen molar-refractivity contribution in [3.63, 3.8) is 0 Å². The van der Waals surface area contributed by atoms with Crippen LogP contribution in [0.3, 0.4) is 0 Å². The van der Waals surface area contributed by atoms with Crippen LogP contribution >= 0.6 is 0 Å². The topological polar surface area (TPSA) is 34.4 Å². The van der Waals surface area contributed by atoms with E-state index < -0.39 is 0 Å². The Bertz CT molecular complexity index is 531. The van der Waals surface area contributed by atoms with E-state index in [1.54, 1.807) is 7.11 Å². The number of methoxy groups -OCH3 is 1. The average Bonchev–Trinajstić information content (AvgIpc) is 2.80. The fourth-order valence-corrected chi connectivity index (χ4v) is 2.00. The van der Waals surface area contributed by atoms with Crippen molar-refractivity contribution in [3.05, 3.63) is 30.0 Å². The third kappa shape index (κ3) is 3.29. The Kier molecular flexibility index (Phi) is 4.48. The molecule has 0 aliphatic heterocycles. The van der Waals surface area contributed by atoms with Gasteiger partial charge >= 0.3 is 0 Å². The number of ether oxygens (including phenoxy) is 1. The van der Waals surface area contributed by atoms with E-state index in [2.05, 4.69) is 32.2 Å². The van der Waals surface area contributed by atoms with Crippen molar-refractivity contribution in [2.75, 3.05) is 13.7 Å². The molecule has 1 aromatic carbocycles. The Morgan fingerprint density at radius 3 is 2.74 bits per heavy atom. The van der Waals surface area contributed by atoms with Gasteiger partial charge in [-0.1, -0.05) is 32.9 Å². The minimum absolute atomic E-state index is 0.666. The van der Waals surface area contributed by atoms with Crippen molar-refractivity contribution in [1.82, 2.24) is 5.32 Å². The molecule has 104 valence electrons. The van der Waals surface area contributed by atoms with Gasteiger partial charge in [0.25, 0.3) is 0 Å². The van der Waals surface area contributed by atoms with Gasteiger partial charge in [-0.15, -0.1) is 0 Å². The first kappa shape index (κ1) is 13.9. The quantitative estimate of drug-likeness (QED) is 0.858. The van der Waals surface area contributed by atoms with E-state index in [-0.39, 0.29) is 0 Å². The van der Waals surface area contributed by atoms with Crippen molar-refractivity contribution in [2.24, 2.45) is 11.8 Å². The molecule has 0 fully saturated rings. The van der Waals surface area contributed by atoms with Gasteiger partial charge in [-0.3, -0.25) is 0 Å². The summed E-state index contributed by atoms with van der Waals surface area (Å²) in [5, 5.41) is 4.54. The van der Waals surface area contributed by atoms with Crippen LogP contribution in [0.5, 0.6) is 5.75 Å². The number of hydrogen-bond acceptors (Lipinski definition) is 3. The normalized spacial score (nSPS) is 13.1. The number of fused-ring (bicyclic) bond motifs is 1. The Morgan fingerprint density at radius 2 is 2.05 bits per heavy atom. The van der Waals surface area contributed by atoms with Gasteiger partial charge in [0.05, 0.1) is 13.7 Å². The summed E-state index contributed by atoms with van der Waals surface area (Å²) < 4.78 is 11.1. The predicted octanol–water partition coefficient (Wildman–Crippen LogP) is 3.82. The number of rotatable bonds is 6. The lowest BCUT2D eigenvalue weighted by molar-refractivity contribution is 0.380. The van der Waals surface area contributed by atoms with Gasteiger partial charge in [0, 0.05) is 5.39 Å². The molecule has 1 N–H and O–H groups in total. The van der Waals surface area contributed by atoms with E-state index in [1.807, 2.05) is 18.2 Å². The van der Waals surface area contributed by atoms with Crippen LogP contribution in [-0.2, 0) is 6.54 Å². The van der Waals surface area contributed by atoms with Crippen molar-refractivity contribution in [2.45, 2.75) is 27.3 Å². The van der Waals surface area contributed by atoms with E-state index in [0.29, 0.717) is 11.8 Å². The molecule has 19 heavy (non-hydrogen) atoms. The smallest absolute Gasteiger partial charge is 0.176 e. The van der Waals surface area contributed by atoms with Gasteiger partial charge in [-0.05, 0) is 30.5 Å². The van der Waals surface area contributed by atoms with Gasteiger partial charge in [-0.2, -0.15) is 0 Å². The summed E-state index contributed by atoms with van der Waals surface area (Å²) in [6.45, 7) is 8.52. The number of para-hydroxylation sites is 1. The minimum Gasteiger partial charge on any atom is -0.493 e. The first-order chi connectivity index (χ1) is 9.11. The van der Waals surface area contributed by atoms with Crippen molar-refractivity contribution in [3.8, 4) is 5.75 Å². The molecule has 0 bridgehead atoms. The highest BCUT2D eigenvalue weighted by molar-refractivity contribution is 5.83. The zero-order valence-corrected chi connectivity index (χ0v) is 12.2. The molecule has 2 aromatic rings. The zero-order valence-electron chi connectivity index (χ0n) is 12.2. The summed E-state index contributed by atoms with van der Waals surface area (Å²) >= 11 is 0. The highest BCUT2D eigenvalue weighted by Crippen LogP contribution is 2.28. The average molecular weight is 261 g/mol. The van der Waals surface area contributed by atoms with Gasteiger partial charge in [0.1, 0.15) is 5.76 Å². The standard InChI is InChI=1S/C16H23NO2/c1-11(2)12(3)9-17-10-14-8-13-6-5-7-15(18-4)16(13)19-14/h5-8,11-12,17H,9-10H2,1-4H3. The lowest BCUT2D eigenvalue weighted by Crippen LogP contribution is -2.23. The molecule has 0 saturated heterocycles. The van der Waals surface area contributed by atoms with Gasteiger partial charge < -0.3 is 14.5 Å². The summed E-state index contributed by atoms with van der Waals surface area (Å²) in [7, 11) is 1.67. The molecule has 0 saturated carbocycles. The van der Waals surface area contributed by atoms with Crippen LogP contribution in [0, 0.1) is 11.8 Å². The van der Waals surface area contributed by atoms with Crippen LogP contribution in [0.4, 0.5) is 0 Å². The molecule has 3 heteroatoms. The maximum Gasteiger partial charge on any atom is 0.176 e. The molecule has 0 amide bonds. The second-order valence-electron chi connectivity index (χ2n) is 5.44. The van der Waals surface area contributed by atoms with Crippen LogP contribution in [0.25, 0.3) is 11.0 Å². The molecule has 0 spiro atoms. The van der Waals surface area contributed by atoms with Crippen LogP contribution in [0.2, 0.25) is 0 Å². The molecule has 1 heterocycles. The number of furan rings is 1. The first-order valence-corrected chi connectivity index (χ1v) is 6.88. The first-order valence-electron chi connectivity index (χ1n) is 6.88. The summed E-state index contributed by atoms with van der Waals surface area (Å²) in [5.74, 6) is 3.11. The maximum atomic E-state index is 5.84. The molecule has 0 radical (unpaired) electrons. The molecule has 2 rings (SSSR count). The third-order valence-electron chi connectivity index (χ3n) is 3.68. The van der Waals surface area contributed by atoms with Crippen LogP contribution in [0.1, 0.15) is 26.5 Å². The fraction of sp³-hybridized carbons (Fsp3) is 0.500. The largest absolute Gasteiger partial charge is 0.493 e. The Labute approximate surface area is 114 Å². The van der Waals surface area contributed by atoms with Crippen LogP contribution in [0.15, 0.2) is 28.7 Å². The van der Waals surface area contributed by atoms with Gasteiger partial charge in [-0.25, -0.2) is 0 Å². The van der Waals surface area contributed by atoms with Crippen molar-refractivity contribution >= 4 is 11.0 Å². The SMILES string of the molecule is COc1cccc2cc(CNCC(C)C(C)C)oc12. The molecule has 1 atom stereocenters. The monoisotopic (exact) mass is 261 g/mol. The van der Waals surface area contributed by atoms with Crippen molar-refractivity contribution < 1.29 is 9.15 Å². The Hall–Kier alpha value is -1.48. The van der Waals surface area contributed by atoms with E-state index in [0.717, 1.165) is 35.6 Å². The van der Waals surface area contributed by atoms with Gasteiger partial charge in [0.2, 0.25) is 0 Å². The summed E-state index contributed by atoms with van der Waals surface area (Å²) in [6, 6.07) is 8.02. The number of hydrogen-bond donors (Lipinski definition) is 1. The lowest BCUT2D eigenvalue weighted by Gasteiger charge is -2.15. The highest BCUT2D eigenvalue weighted by Gasteiger charge is 2.10. The second kappa shape index (κ2) is 6.11. The van der Waals surface area contributed by atoms with Crippen LogP contribution in [-0.4, -0.2) is 13.7 Å². The van der Waals surface area contributed by atoms with E-state index >= 15 is 0 Å². The molecule has 1 unspecified atom stereocenters. The Morgan fingerprint density at radius 1 is 1.26 bits per heavy atom. The Balaban J connectivity index is 2.02. The molecular weight excluding hydrogens is 238 g/mol. The van der Waals surface area contributed by atoms with Crippen molar-refractivity contribution in [1.29, 1.82) is 0 Å². The molecule has 3 nitrogen and oxygen atoms in total. The number of nitrogens with one attached hydrogen (secondary N) is 1. The van der Waals surface area contributed by atoms with E-state index in [9.17, 15) is 0 Å². The fourth-order valence-electron chi connectivity index (χ4n) is 2.00. The zero-order chi connectivity index (χ0) is 13.8. The lowest BCUT2D eigenvalue weighted by atomic mass is 9.98. The minimum atomic E-state index is 0.666. The number of benzene rings is 1. The van der Waals surface area contributed by atoms with Gasteiger partial charge in [0.15, 0.2) is 11.3 Å². The maximum absolute atomic E-state index is 5.84.